The van der Waals surface area contributed by atoms with E-state index in [1.807, 2.05) is 42.5 Å². The first-order chi connectivity index (χ1) is 14.6. The van der Waals surface area contributed by atoms with Crippen molar-refractivity contribution in [1.82, 2.24) is 4.98 Å². The highest BCUT2D eigenvalue weighted by Gasteiger charge is 2.13. The molecule has 6 heteroatoms. The number of rotatable bonds is 6. The van der Waals surface area contributed by atoms with Crippen LogP contribution in [0.15, 0.2) is 65.1 Å². The van der Waals surface area contributed by atoms with Crippen LogP contribution in [0.25, 0.3) is 22.6 Å². The Morgan fingerprint density at radius 3 is 2.47 bits per heavy atom. The summed E-state index contributed by atoms with van der Waals surface area (Å²) in [6, 6.07) is 18.4. The summed E-state index contributed by atoms with van der Waals surface area (Å²) in [6.45, 7) is 2.10. The monoisotopic (exact) mass is 402 g/mol. The third-order valence-electron chi connectivity index (χ3n) is 4.84. The van der Waals surface area contributed by atoms with Crippen molar-refractivity contribution in [3.63, 3.8) is 0 Å². The molecule has 0 atom stereocenters. The molecule has 0 saturated carbocycles. The highest BCUT2D eigenvalue weighted by molar-refractivity contribution is 6.05. The van der Waals surface area contributed by atoms with Gasteiger partial charge in [-0.25, -0.2) is 4.98 Å². The molecule has 3 aromatic carbocycles. The Hall–Kier alpha value is -3.80. The lowest BCUT2D eigenvalue weighted by Gasteiger charge is -2.10. The SMILES string of the molecule is CCc1ccc2oc(-c3cccc(NC(=O)c4cc(OC)cc(OC)c4)c3)nc2c1. The molecule has 1 amide bonds. The van der Waals surface area contributed by atoms with Gasteiger partial charge in [-0.05, 0) is 54.4 Å². The van der Waals surface area contributed by atoms with Crippen molar-refractivity contribution >= 4 is 22.7 Å². The van der Waals surface area contributed by atoms with Crippen molar-refractivity contribution in [1.29, 1.82) is 0 Å². The molecule has 30 heavy (non-hydrogen) atoms. The van der Waals surface area contributed by atoms with E-state index in [0.717, 1.165) is 23.1 Å². The van der Waals surface area contributed by atoms with Crippen LogP contribution in [0.5, 0.6) is 11.5 Å². The molecule has 6 nitrogen and oxygen atoms in total. The zero-order chi connectivity index (χ0) is 21.1. The maximum absolute atomic E-state index is 12.7. The fourth-order valence-electron chi connectivity index (χ4n) is 3.19. The smallest absolute Gasteiger partial charge is 0.255 e. The third kappa shape index (κ3) is 3.98. The molecular formula is C24H22N2O4. The lowest BCUT2D eigenvalue weighted by atomic mass is 10.1. The number of nitrogens with zero attached hydrogens (tertiary/aromatic N) is 1. The molecule has 1 N–H and O–H groups in total. The predicted molar refractivity (Wildman–Crippen MR) is 116 cm³/mol. The van der Waals surface area contributed by atoms with Gasteiger partial charge in [-0.3, -0.25) is 4.79 Å². The van der Waals surface area contributed by atoms with E-state index in [1.54, 1.807) is 32.4 Å². The van der Waals surface area contributed by atoms with Gasteiger partial charge in [0, 0.05) is 22.9 Å². The number of hydrogen-bond acceptors (Lipinski definition) is 5. The number of aryl methyl sites for hydroxylation is 1. The van der Waals surface area contributed by atoms with Gasteiger partial charge in [0.1, 0.15) is 17.0 Å². The summed E-state index contributed by atoms with van der Waals surface area (Å²) in [5.41, 5.74) is 4.62. The minimum atomic E-state index is -0.269. The molecule has 0 aliphatic rings. The number of ether oxygens (including phenoxy) is 2. The van der Waals surface area contributed by atoms with Gasteiger partial charge < -0.3 is 19.2 Å². The molecule has 4 aromatic rings. The Morgan fingerprint density at radius 2 is 1.77 bits per heavy atom. The fraction of sp³-hybridized carbons (Fsp3) is 0.167. The molecule has 0 saturated heterocycles. The average Bonchev–Trinajstić information content (AvgIpc) is 3.22. The quantitative estimate of drug-likeness (QED) is 0.472. The van der Waals surface area contributed by atoms with Crippen LogP contribution in [0.1, 0.15) is 22.8 Å². The summed E-state index contributed by atoms with van der Waals surface area (Å²) in [7, 11) is 3.09. The zero-order valence-electron chi connectivity index (χ0n) is 17.1. The Labute approximate surface area is 174 Å². The molecule has 0 unspecified atom stereocenters. The number of fused-ring (bicyclic) bond motifs is 1. The van der Waals surface area contributed by atoms with E-state index < -0.39 is 0 Å². The second-order valence-electron chi connectivity index (χ2n) is 6.81. The van der Waals surface area contributed by atoms with E-state index in [9.17, 15) is 4.79 Å². The molecule has 4 rings (SSSR count). The molecule has 0 aliphatic heterocycles. The summed E-state index contributed by atoms with van der Waals surface area (Å²) in [5.74, 6) is 1.34. The molecular weight excluding hydrogens is 380 g/mol. The number of anilines is 1. The van der Waals surface area contributed by atoms with E-state index >= 15 is 0 Å². The Kier molecular flexibility index (Phi) is 5.39. The largest absolute Gasteiger partial charge is 0.497 e. The second-order valence-corrected chi connectivity index (χ2v) is 6.81. The molecule has 1 aromatic heterocycles. The van der Waals surface area contributed by atoms with Crippen LogP contribution < -0.4 is 14.8 Å². The maximum atomic E-state index is 12.7. The number of amides is 1. The number of aromatic nitrogens is 1. The van der Waals surface area contributed by atoms with E-state index in [-0.39, 0.29) is 5.91 Å². The van der Waals surface area contributed by atoms with Crippen molar-refractivity contribution in [2.45, 2.75) is 13.3 Å². The van der Waals surface area contributed by atoms with Crippen LogP contribution in [-0.4, -0.2) is 25.1 Å². The topological polar surface area (TPSA) is 73.6 Å². The molecule has 152 valence electrons. The highest BCUT2D eigenvalue weighted by Crippen LogP contribution is 2.28. The van der Waals surface area contributed by atoms with Gasteiger partial charge >= 0.3 is 0 Å². The number of carbonyl (C=O) groups is 1. The normalized spacial score (nSPS) is 10.8. The number of oxazole rings is 1. The number of carbonyl (C=O) groups excluding carboxylic acids is 1. The van der Waals surface area contributed by atoms with Gasteiger partial charge in [0.2, 0.25) is 5.89 Å². The third-order valence-corrected chi connectivity index (χ3v) is 4.84. The van der Waals surface area contributed by atoms with Crippen molar-refractivity contribution < 1.29 is 18.7 Å². The Balaban J connectivity index is 1.60. The lowest BCUT2D eigenvalue weighted by molar-refractivity contribution is 0.102. The van der Waals surface area contributed by atoms with Crippen LogP contribution in [0.2, 0.25) is 0 Å². The van der Waals surface area contributed by atoms with Crippen LogP contribution in [0.4, 0.5) is 5.69 Å². The highest BCUT2D eigenvalue weighted by atomic mass is 16.5. The van der Waals surface area contributed by atoms with E-state index in [0.29, 0.717) is 28.6 Å². The number of nitrogens with one attached hydrogen (secondary N) is 1. The molecule has 1 heterocycles. The molecule has 0 fully saturated rings. The van der Waals surface area contributed by atoms with Gasteiger partial charge in [-0.2, -0.15) is 0 Å². The molecule has 0 spiro atoms. The summed E-state index contributed by atoms with van der Waals surface area (Å²) in [4.78, 5) is 17.4. The van der Waals surface area contributed by atoms with Crippen molar-refractivity contribution in [3.8, 4) is 23.0 Å². The van der Waals surface area contributed by atoms with E-state index in [1.165, 1.54) is 5.56 Å². The Morgan fingerprint density at radius 1 is 1.00 bits per heavy atom. The van der Waals surface area contributed by atoms with Gasteiger partial charge in [-0.1, -0.05) is 19.1 Å². The first-order valence-corrected chi connectivity index (χ1v) is 9.64. The predicted octanol–water partition coefficient (Wildman–Crippen LogP) is 5.33. The van der Waals surface area contributed by atoms with Gasteiger partial charge in [0.25, 0.3) is 5.91 Å². The van der Waals surface area contributed by atoms with Crippen LogP contribution in [0.3, 0.4) is 0 Å². The van der Waals surface area contributed by atoms with Crippen LogP contribution in [-0.2, 0) is 6.42 Å². The average molecular weight is 402 g/mol. The molecule has 0 radical (unpaired) electrons. The summed E-state index contributed by atoms with van der Waals surface area (Å²) in [6.07, 6.45) is 0.939. The Bertz CT molecular complexity index is 1190. The lowest BCUT2D eigenvalue weighted by Crippen LogP contribution is -2.12. The standard InChI is InChI=1S/C24H22N2O4/c1-4-15-8-9-22-21(10-15)26-24(30-22)16-6-5-7-18(11-16)25-23(27)17-12-19(28-2)14-20(13-17)29-3/h5-14H,4H2,1-3H3,(H,25,27). The number of benzene rings is 3. The molecule has 0 bridgehead atoms. The summed E-state index contributed by atoms with van der Waals surface area (Å²) in [5, 5.41) is 2.90. The van der Waals surface area contributed by atoms with Crippen molar-refractivity contribution in [2.75, 3.05) is 19.5 Å². The summed E-state index contributed by atoms with van der Waals surface area (Å²) < 4.78 is 16.4. The fourth-order valence-corrected chi connectivity index (χ4v) is 3.19. The van der Waals surface area contributed by atoms with Gasteiger partial charge in [0.05, 0.1) is 14.2 Å². The van der Waals surface area contributed by atoms with Crippen LogP contribution >= 0.6 is 0 Å². The zero-order valence-corrected chi connectivity index (χ0v) is 17.1. The first kappa shape index (κ1) is 19.5. The minimum absolute atomic E-state index is 0.269. The van der Waals surface area contributed by atoms with E-state index in [2.05, 4.69) is 17.2 Å². The number of methoxy groups -OCH3 is 2. The second kappa shape index (κ2) is 8.29. The van der Waals surface area contributed by atoms with Gasteiger partial charge in [-0.15, -0.1) is 0 Å². The van der Waals surface area contributed by atoms with Crippen molar-refractivity contribution in [3.05, 3.63) is 71.8 Å². The maximum Gasteiger partial charge on any atom is 0.255 e. The van der Waals surface area contributed by atoms with Crippen LogP contribution in [0, 0.1) is 0 Å². The van der Waals surface area contributed by atoms with E-state index in [4.69, 9.17) is 13.9 Å². The summed E-state index contributed by atoms with van der Waals surface area (Å²) >= 11 is 0. The van der Waals surface area contributed by atoms with Gasteiger partial charge in [0.15, 0.2) is 5.58 Å². The molecule has 0 aliphatic carbocycles. The first-order valence-electron chi connectivity index (χ1n) is 9.64. The number of hydrogen-bond donors (Lipinski definition) is 1. The minimum Gasteiger partial charge on any atom is -0.497 e. The van der Waals surface area contributed by atoms with Crippen molar-refractivity contribution in [2.24, 2.45) is 0 Å².